The van der Waals surface area contributed by atoms with E-state index in [1.54, 1.807) is 23.1 Å². The van der Waals surface area contributed by atoms with E-state index in [0.717, 1.165) is 14.9 Å². The molecule has 0 bridgehead atoms. The molecule has 0 aliphatic carbocycles. The third kappa shape index (κ3) is 3.98. The van der Waals surface area contributed by atoms with Gasteiger partial charge in [-0.1, -0.05) is 22.0 Å². The lowest BCUT2D eigenvalue weighted by Crippen LogP contribution is -2.35. The molecule has 0 atom stereocenters. The zero-order valence-corrected chi connectivity index (χ0v) is 17.1. The summed E-state index contributed by atoms with van der Waals surface area (Å²) in [6.07, 6.45) is 0.0615. The average Bonchev–Trinajstić information content (AvgIpc) is 3.03. The highest BCUT2D eigenvalue weighted by atomic mass is 79.9. The van der Waals surface area contributed by atoms with Crippen LogP contribution in [-0.4, -0.2) is 43.6 Å². The van der Waals surface area contributed by atoms with E-state index in [2.05, 4.69) is 21.2 Å². The van der Waals surface area contributed by atoms with Gasteiger partial charge in [0.05, 0.1) is 26.3 Å². The Kier molecular flexibility index (Phi) is 5.81. The van der Waals surface area contributed by atoms with Crippen LogP contribution in [0, 0.1) is 0 Å². The van der Waals surface area contributed by atoms with Crippen molar-refractivity contribution in [3.8, 4) is 0 Å². The molecule has 0 spiro atoms. The standard InChI is InChI=1S/C18H17BrN2O5S/c1-25-17(23)14-12-6-7-21(18(24)26-2)9-13(12)27-16(14)20-15(22)10-4-3-5-11(19)8-10/h3-5,8H,6-7,9H2,1-2H3,(H,20,22). The van der Waals surface area contributed by atoms with E-state index in [-0.39, 0.29) is 5.91 Å². The molecule has 0 saturated heterocycles. The molecule has 1 aliphatic heterocycles. The fourth-order valence-corrected chi connectivity index (χ4v) is 4.55. The summed E-state index contributed by atoms with van der Waals surface area (Å²) in [6.45, 7) is 0.753. The molecule has 0 radical (unpaired) electrons. The Morgan fingerprint density at radius 1 is 1.22 bits per heavy atom. The topological polar surface area (TPSA) is 84.9 Å². The number of esters is 1. The number of benzene rings is 1. The molecule has 9 heteroatoms. The van der Waals surface area contributed by atoms with E-state index in [4.69, 9.17) is 9.47 Å². The van der Waals surface area contributed by atoms with Crippen molar-refractivity contribution in [3.63, 3.8) is 0 Å². The van der Waals surface area contributed by atoms with Crippen LogP contribution in [0.5, 0.6) is 0 Å². The summed E-state index contributed by atoms with van der Waals surface area (Å²) in [4.78, 5) is 39.1. The van der Waals surface area contributed by atoms with Gasteiger partial charge in [0.15, 0.2) is 0 Å². The predicted molar refractivity (Wildman–Crippen MR) is 104 cm³/mol. The van der Waals surface area contributed by atoms with Gasteiger partial charge in [-0.25, -0.2) is 9.59 Å². The summed E-state index contributed by atoms with van der Waals surface area (Å²) in [5.74, 6) is -0.839. The van der Waals surface area contributed by atoms with Crippen molar-refractivity contribution in [1.29, 1.82) is 0 Å². The molecule has 0 fully saturated rings. The number of amides is 2. The summed E-state index contributed by atoms with van der Waals surface area (Å²) >= 11 is 4.61. The maximum Gasteiger partial charge on any atom is 0.409 e. The van der Waals surface area contributed by atoms with E-state index in [1.807, 2.05) is 6.07 Å². The fraction of sp³-hybridized carbons (Fsp3) is 0.278. The second kappa shape index (κ2) is 8.10. The van der Waals surface area contributed by atoms with Crippen LogP contribution in [0.2, 0.25) is 0 Å². The maximum atomic E-state index is 12.6. The van der Waals surface area contributed by atoms with Crippen molar-refractivity contribution in [1.82, 2.24) is 4.90 Å². The average molecular weight is 453 g/mol. The van der Waals surface area contributed by atoms with Crippen LogP contribution < -0.4 is 5.32 Å². The molecule has 27 heavy (non-hydrogen) atoms. The molecule has 1 N–H and O–H groups in total. The van der Waals surface area contributed by atoms with Crippen molar-refractivity contribution < 1.29 is 23.9 Å². The number of ether oxygens (including phenoxy) is 2. The Labute approximate surface area is 168 Å². The first kappa shape index (κ1) is 19.4. The summed E-state index contributed by atoms with van der Waals surface area (Å²) in [7, 11) is 2.63. The second-order valence-electron chi connectivity index (χ2n) is 5.81. The van der Waals surface area contributed by atoms with Crippen molar-refractivity contribution in [3.05, 3.63) is 50.3 Å². The monoisotopic (exact) mass is 452 g/mol. The Morgan fingerprint density at radius 3 is 2.67 bits per heavy atom. The number of halogens is 1. The van der Waals surface area contributed by atoms with Crippen LogP contribution >= 0.6 is 27.3 Å². The van der Waals surface area contributed by atoms with Gasteiger partial charge in [-0.05, 0) is 30.2 Å². The highest BCUT2D eigenvalue weighted by molar-refractivity contribution is 9.10. The first-order chi connectivity index (χ1) is 12.9. The Bertz CT molecular complexity index is 911. The normalized spacial score (nSPS) is 12.9. The first-order valence-corrected chi connectivity index (χ1v) is 9.68. The van der Waals surface area contributed by atoms with Crippen LogP contribution in [-0.2, 0) is 22.4 Å². The van der Waals surface area contributed by atoms with Crippen LogP contribution in [0.4, 0.5) is 9.80 Å². The third-order valence-corrected chi connectivity index (χ3v) is 5.82. The van der Waals surface area contributed by atoms with Gasteiger partial charge >= 0.3 is 12.1 Å². The van der Waals surface area contributed by atoms with Crippen LogP contribution in [0.3, 0.4) is 0 Å². The van der Waals surface area contributed by atoms with Gasteiger partial charge in [0.25, 0.3) is 5.91 Å². The van der Waals surface area contributed by atoms with Crippen molar-refractivity contribution in [2.45, 2.75) is 13.0 Å². The van der Waals surface area contributed by atoms with Crippen molar-refractivity contribution in [2.24, 2.45) is 0 Å². The number of methoxy groups -OCH3 is 2. The summed E-state index contributed by atoms with van der Waals surface area (Å²) in [6, 6.07) is 6.96. The SMILES string of the molecule is COC(=O)c1c(NC(=O)c2cccc(Br)c2)sc2c1CCN(C(=O)OC)C2. The lowest BCUT2D eigenvalue weighted by atomic mass is 10.0. The molecule has 2 heterocycles. The van der Waals surface area contributed by atoms with Gasteiger partial charge in [-0.2, -0.15) is 0 Å². The molecule has 1 aromatic carbocycles. The molecule has 3 rings (SSSR count). The highest BCUT2D eigenvalue weighted by Gasteiger charge is 2.31. The van der Waals surface area contributed by atoms with Crippen LogP contribution in [0.1, 0.15) is 31.2 Å². The zero-order chi connectivity index (χ0) is 19.6. The molecule has 7 nitrogen and oxygen atoms in total. The fourth-order valence-electron chi connectivity index (χ4n) is 2.90. The number of nitrogens with one attached hydrogen (secondary N) is 1. The molecule has 1 aliphatic rings. The van der Waals surface area contributed by atoms with E-state index < -0.39 is 12.1 Å². The van der Waals surface area contributed by atoms with Crippen LogP contribution in [0.15, 0.2) is 28.7 Å². The van der Waals surface area contributed by atoms with Crippen molar-refractivity contribution >= 4 is 50.2 Å². The summed E-state index contributed by atoms with van der Waals surface area (Å²) in [5, 5.41) is 3.23. The van der Waals surface area contributed by atoms with E-state index in [1.165, 1.54) is 25.6 Å². The number of carbonyl (C=O) groups is 3. The number of carbonyl (C=O) groups excluding carboxylic acids is 3. The number of fused-ring (bicyclic) bond motifs is 1. The molecular formula is C18H17BrN2O5S. The lowest BCUT2D eigenvalue weighted by Gasteiger charge is -2.25. The van der Waals surface area contributed by atoms with Crippen LogP contribution in [0.25, 0.3) is 0 Å². The van der Waals surface area contributed by atoms with E-state index in [9.17, 15) is 14.4 Å². The smallest absolute Gasteiger partial charge is 0.409 e. The number of rotatable bonds is 3. The minimum atomic E-state index is -0.511. The lowest BCUT2D eigenvalue weighted by molar-refractivity contribution is 0.0600. The summed E-state index contributed by atoms with van der Waals surface area (Å²) in [5.41, 5.74) is 1.62. The minimum Gasteiger partial charge on any atom is -0.465 e. The predicted octanol–water partition coefficient (Wildman–Crippen LogP) is 3.67. The Morgan fingerprint density at radius 2 is 2.00 bits per heavy atom. The number of anilines is 1. The zero-order valence-electron chi connectivity index (χ0n) is 14.7. The van der Waals surface area contributed by atoms with E-state index >= 15 is 0 Å². The number of hydrogen-bond acceptors (Lipinski definition) is 6. The molecular weight excluding hydrogens is 436 g/mol. The first-order valence-electron chi connectivity index (χ1n) is 8.07. The number of thiophene rings is 1. The molecule has 2 aromatic rings. The van der Waals surface area contributed by atoms with Gasteiger partial charge in [0.2, 0.25) is 0 Å². The maximum absolute atomic E-state index is 12.6. The Balaban J connectivity index is 1.93. The van der Waals surface area contributed by atoms with Gasteiger partial charge in [-0.3, -0.25) is 4.79 Å². The minimum absolute atomic E-state index is 0.323. The summed E-state index contributed by atoms with van der Waals surface area (Å²) < 4.78 is 10.5. The van der Waals surface area contributed by atoms with Crippen molar-refractivity contribution in [2.75, 3.05) is 26.1 Å². The molecule has 1 aromatic heterocycles. The largest absolute Gasteiger partial charge is 0.465 e. The molecule has 0 unspecified atom stereocenters. The Hall–Kier alpha value is -2.39. The molecule has 0 saturated carbocycles. The molecule has 142 valence electrons. The van der Waals surface area contributed by atoms with Gasteiger partial charge < -0.3 is 19.7 Å². The quantitative estimate of drug-likeness (QED) is 0.717. The van der Waals surface area contributed by atoms with E-state index in [0.29, 0.717) is 35.6 Å². The second-order valence-corrected chi connectivity index (χ2v) is 7.83. The number of hydrogen-bond donors (Lipinski definition) is 1. The van der Waals surface area contributed by atoms with Gasteiger partial charge in [-0.15, -0.1) is 11.3 Å². The highest BCUT2D eigenvalue weighted by Crippen LogP contribution is 2.38. The van der Waals surface area contributed by atoms with Gasteiger partial charge in [0, 0.05) is 21.5 Å². The third-order valence-electron chi connectivity index (χ3n) is 4.19. The van der Waals surface area contributed by atoms with Gasteiger partial charge in [0.1, 0.15) is 5.00 Å². The number of nitrogens with zero attached hydrogens (tertiary/aromatic N) is 1. The molecule has 2 amide bonds.